The molecule has 0 radical (unpaired) electrons. The second kappa shape index (κ2) is 7.85. The first-order valence-electron chi connectivity index (χ1n) is 9.48. The summed E-state index contributed by atoms with van der Waals surface area (Å²) in [5.41, 5.74) is 0.593. The second-order valence-corrected chi connectivity index (χ2v) is 10.4. The Balaban J connectivity index is 1.44. The number of hydrogen-bond acceptors (Lipinski definition) is 6. The summed E-state index contributed by atoms with van der Waals surface area (Å²) < 4.78 is 26.8. The van der Waals surface area contributed by atoms with Crippen molar-refractivity contribution in [1.82, 2.24) is 9.29 Å². The van der Waals surface area contributed by atoms with E-state index < -0.39 is 15.9 Å². The predicted molar refractivity (Wildman–Crippen MR) is 110 cm³/mol. The third-order valence-electron chi connectivity index (χ3n) is 5.20. The summed E-state index contributed by atoms with van der Waals surface area (Å²) in [7, 11) is -3.49. The van der Waals surface area contributed by atoms with Gasteiger partial charge in [-0.15, -0.1) is 11.3 Å². The molecule has 1 N–H and O–H groups in total. The number of benzene rings is 1. The molecule has 2 aliphatic rings. The van der Waals surface area contributed by atoms with Crippen molar-refractivity contribution in [3.05, 3.63) is 35.3 Å². The molecule has 0 bridgehead atoms. The molecule has 4 rings (SSSR count). The molecule has 2 aromatic rings. The molecule has 154 valence electrons. The molecule has 1 atom stereocenters. The summed E-state index contributed by atoms with van der Waals surface area (Å²) in [6.07, 6.45) is 3.56. The average Bonchev–Trinajstić information content (AvgIpc) is 3.43. The van der Waals surface area contributed by atoms with Gasteiger partial charge in [-0.2, -0.15) is 4.31 Å². The van der Waals surface area contributed by atoms with Crippen molar-refractivity contribution in [3.63, 3.8) is 0 Å². The van der Waals surface area contributed by atoms with Crippen LogP contribution in [0.3, 0.4) is 0 Å². The number of sulfonamides is 1. The third kappa shape index (κ3) is 4.05. The molecule has 2 amide bonds. The maximum Gasteiger partial charge on any atom is 0.243 e. The minimum atomic E-state index is -3.49. The minimum absolute atomic E-state index is 0.115. The number of amides is 2. The van der Waals surface area contributed by atoms with Crippen LogP contribution in [0.1, 0.15) is 24.1 Å². The molecule has 3 heterocycles. The molecule has 0 spiro atoms. The largest absolute Gasteiger partial charge is 0.312 e. The SMILES string of the molecule is Cc1cnc(NC(=O)C2CC(=O)N(c3ccc(S(=O)(=O)N4CCCC4)cc3)C2)s1. The summed E-state index contributed by atoms with van der Waals surface area (Å²) in [6.45, 7) is 3.25. The molecule has 1 unspecified atom stereocenters. The molecule has 10 heteroatoms. The Hall–Kier alpha value is -2.30. The van der Waals surface area contributed by atoms with Gasteiger partial charge in [0.25, 0.3) is 0 Å². The molecule has 0 saturated carbocycles. The van der Waals surface area contributed by atoms with Crippen LogP contribution in [-0.2, 0) is 19.6 Å². The quantitative estimate of drug-likeness (QED) is 0.778. The lowest BCUT2D eigenvalue weighted by atomic mass is 10.1. The summed E-state index contributed by atoms with van der Waals surface area (Å²) in [5, 5.41) is 3.29. The summed E-state index contributed by atoms with van der Waals surface area (Å²) in [5.74, 6) is -0.862. The van der Waals surface area contributed by atoms with Gasteiger partial charge in [0.05, 0.1) is 10.8 Å². The molecular weight excluding hydrogens is 412 g/mol. The lowest BCUT2D eigenvalue weighted by Gasteiger charge is -2.19. The first-order valence-corrected chi connectivity index (χ1v) is 11.7. The highest BCUT2D eigenvalue weighted by Crippen LogP contribution is 2.29. The zero-order valence-corrected chi connectivity index (χ0v) is 17.6. The van der Waals surface area contributed by atoms with Gasteiger partial charge in [0.2, 0.25) is 21.8 Å². The number of carbonyl (C=O) groups is 2. The fourth-order valence-corrected chi connectivity index (χ4v) is 5.81. The van der Waals surface area contributed by atoms with E-state index in [0.29, 0.717) is 23.9 Å². The van der Waals surface area contributed by atoms with Gasteiger partial charge in [0, 0.05) is 42.8 Å². The summed E-state index contributed by atoms with van der Waals surface area (Å²) in [6, 6.07) is 6.32. The van der Waals surface area contributed by atoms with Gasteiger partial charge in [-0.25, -0.2) is 13.4 Å². The maximum atomic E-state index is 12.6. The Labute approximate surface area is 173 Å². The number of nitrogens with zero attached hydrogens (tertiary/aromatic N) is 3. The van der Waals surface area contributed by atoms with E-state index >= 15 is 0 Å². The minimum Gasteiger partial charge on any atom is -0.312 e. The van der Waals surface area contributed by atoms with Gasteiger partial charge in [-0.05, 0) is 44.0 Å². The molecule has 0 aliphatic carbocycles. The average molecular weight is 435 g/mol. The van der Waals surface area contributed by atoms with Crippen molar-refractivity contribution >= 4 is 44.0 Å². The van der Waals surface area contributed by atoms with Gasteiger partial charge < -0.3 is 10.2 Å². The summed E-state index contributed by atoms with van der Waals surface area (Å²) >= 11 is 1.38. The fourth-order valence-electron chi connectivity index (χ4n) is 3.63. The van der Waals surface area contributed by atoms with Gasteiger partial charge in [0.15, 0.2) is 5.13 Å². The van der Waals surface area contributed by atoms with E-state index in [1.807, 2.05) is 6.92 Å². The standard InChI is InChI=1S/C19H22N4O4S2/c1-13-11-20-19(28-13)21-18(25)14-10-17(24)23(12-14)15-4-6-16(7-5-15)29(26,27)22-8-2-3-9-22/h4-7,11,14H,2-3,8-10,12H2,1H3,(H,20,21,25). The molecule has 2 aliphatic heterocycles. The monoisotopic (exact) mass is 434 g/mol. The van der Waals surface area contributed by atoms with Crippen molar-refractivity contribution in [3.8, 4) is 0 Å². The van der Waals surface area contributed by atoms with Crippen LogP contribution < -0.4 is 10.2 Å². The number of anilines is 2. The van der Waals surface area contributed by atoms with Gasteiger partial charge in [0.1, 0.15) is 0 Å². The number of rotatable bonds is 5. The lowest BCUT2D eigenvalue weighted by Crippen LogP contribution is -2.29. The normalized spacial score (nSPS) is 20.4. The number of aromatic nitrogens is 1. The predicted octanol–water partition coefficient (Wildman–Crippen LogP) is 2.23. The van der Waals surface area contributed by atoms with Crippen molar-refractivity contribution in [2.45, 2.75) is 31.1 Å². The Morgan fingerprint density at radius 3 is 2.52 bits per heavy atom. The third-order valence-corrected chi connectivity index (χ3v) is 7.94. The zero-order chi connectivity index (χ0) is 20.6. The molecule has 2 saturated heterocycles. The molecular formula is C19H22N4O4S2. The van der Waals surface area contributed by atoms with Crippen LogP contribution in [0.25, 0.3) is 0 Å². The lowest BCUT2D eigenvalue weighted by molar-refractivity contribution is -0.122. The number of thiazole rings is 1. The highest BCUT2D eigenvalue weighted by molar-refractivity contribution is 7.89. The van der Waals surface area contributed by atoms with Gasteiger partial charge in [-0.3, -0.25) is 9.59 Å². The zero-order valence-electron chi connectivity index (χ0n) is 16.0. The van der Waals surface area contributed by atoms with E-state index in [9.17, 15) is 18.0 Å². The van der Waals surface area contributed by atoms with Crippen LogP contribution in [0, 0.1) is 12.8 Å². The Bertz CT molecular complexity index is 1030. The van der Waals surface area contributed by atoms with Crippen LogP contribution in [0.15, 0.2) is 35.4 Å². The Kier molecular flexibility index (Phi) is 5.41. The van der Waals surface area contributed by atoms with Crippen LogP contribution in [0.2, 0.25) is 0 Å². The topological polar surface area (TPSA) is 99.7 Å². The van der Waals surface area contributed by atoms with Gasteiger partial charge >= 0.3 is 0 Å². The molecule has 1 aromatic carbocycles. The molecule has 1 aromatic heterocycles. The Morgan fingerprint density at radius 2 is 1.90 bits per heavy atom. The van der Waals surface area contributed by atoms with Crippen molar-refractivity contribution < 1.29 is 18.0 Å². The van der Waals surface area contributed by atoms with Crippen molar-refractivity contribution in [1.29, 1.82) is 0 Å². The van der Waals surface area contributed by atoms with E-state index in [-0.39, 0.29) is 29.7 Å². The maximum absolute atomic E-state index is 12.6. The highest BCUT2D eigenvalue weighted by atomic mass is 32.2. The number of carbonyl (C=O) groups excluding carboxylic acids is 2. The first-order chi connectivity index (χ1) is 13.8. The number of hydrogen-bond donors (Lipinski definition) is 1. The van der Waals surface area contributed by atoms with Gasteiger partial charge in [-0.1, -0.05) is 0 Å². The van der Waals surface area contributed by atoms with E-state index in [1.54, 1.807) is 18.3 Å². The number of nitrogens with one attached hydrogen (secondary N) is 1. The molecule has 8 nitrogen and oxygen atoms in total. The molecule has 2 fully saturated rings. The summed E-state index contributed by atoms with van der Waals surface area (Å²) in [4.78, 5) is 31.8. The fraction of sp³-hybridized carbons (Fsp3) is 0.421. The van der Waals surface area contributed by atoms with E-state index in [4.69, 9.17) is 0 Å². The van der Waals surface area contributed by atoms with Crippen LogP contribution in [0.4, 0.5) is 10.8 Å². The van der Waals surface area contributed by atoms with E-state index in [2.05, 4.69) is 10.3 Å². The smallest absolute Gasteiger partial charge is 0.243 e. The highest BCUT2D eigenvalue weighted by Gasteiger charge is 2.36. The second-order valence-electron chi connectivity index (χ2n) is 7.28. The van der Waals surface area contributed by atoms with Crippen LogP contribution in [0.5, 0.6) is 0 Å². The first kappa shape index (κ1) is 20.0. The van der Waals surface area contributed by atoms with Crippen molar-refractivity contribution in [2.24, 2.45) is 5.92 Å². The van der Waals surface area contributed by atoms with Crippen molar-refractivity contribution in [2.75, 3.05) is 29.9 Å². The van der Waals surface area contributed by atoms with E-state index in [1.165, 1.54) is 32.7 Å². The number of aryl methyl sites for hydroxylation is 1. The molecule has 29 heavy (non-hydrogen) atoms. The van der Waals surface area contributed by atoms with E-state index in [0.717, 1.165) is 17.7 Å². The van der Waals surface area contributed by atoms with Crippen LogP contribution >= 0.6 is 11.3 Å². The Morgan fingerprint density at radius 1 is 1.21 bits per heavy atom. The van der Waals surface area contributed by atoms with Crippen LogP contribution in [-0.4, -0.2) is 49.2 Å².